The predicted molar refractivity (Wildman–Crippen MR) is 64.6 cm³/mol. The maximum absolute atomic E-state index is 5.43. The number of hydrogen-bond acceptors (Lipinski definition) is 5. The molecule has 1 aromatic rings. The quantitative estimate of drug-likeness (QED) is 0.500. The highest BCUT2D eigenvalue weighted by Gasteiger charge is 2.07. The van der Waals surface area contributed by atoms with E-state index < -0.39 is 0 Å². The minimum Gasteiger partial charge on any atom is -0.352 e. The monoisotopic (exact) mass is 242 g/mol. The minimum atomic E-state index is -0.163. The highest BCUT2D eigenvalue weighted by atomic mass is 16.7. The van der Waals surface area contributed by atoms with Gasteiger partial charge in [0.2, 0.25) is 0 Å². The summed E-state index contributed by atoms with van der Waals surface area (Å²) in [6, 6.07) is 0. The van der Waals surface area contributed by atoms with E-state index in [0.29, 0.717) is 19.8 Å². The number of ether oxygens (including phenoxy) is 2. The molecule has 0 spiro atoms. The third-order valence-corrected chi connectivity index (χ3v) is 2.35. The van der Waals surface area contributed by atoms with Gasteiger partial charge in [-0.05, 0) is 13.8 Å². The summed E-state index contributed by atoms with van der Waals surface area (Å²) in [4.78, 5) is 0. The van der Waals surface area contributed by atoms with Crippen molar-refractivity contribution < 1.29 is 9.47 Å². The molecular weight excluding hydrogens is 220 g/mol. The highest BCUT2D eigenvalue weighted by molar-refractivity contribution is 4.84. The second-order valence-corrected chi connectivity index (χ2v) is 3.65. The van der Waals surface area contributed by atoms with Crippen LogP contribution in [0, 0.1) is 0 Å². The van der Waals surface area contributed by atoms with Gasteiger partial charge in [0.25, 0.3) is 0 Å². The van der Waals surface area contributed by atoms with Gasteiger partial charge in [-0.25, -0.2) is 0 Å². The lowest BCUT2D eigenvalue weighted by molar-refractivity contribution is -0.132. The largest absolute Gasteiger partial charge is 0.352 e. The van der Waals surface area contributed by atoms with Crippen molar-refractivity contribution >= 4 is 0 Å². The van der Waals surface area contributed by atoms with E-state index in [-0.39, 0.29) is 6.29 Å². The summed E-state index contributed by atoms with van der Waals surface area (Å²) in [7, 11) is 1.94. The molecule has 1 rings (SSSR count). The van der Waals surface area contributed by atoms with Crippen LogP contribution in [0.1, 0.15) is 19.7 Å². The van der Waals surface area contributed by atoms with Gasteiger partial charge >= 0.3 is 0 Å². The molecule has 0 aliphatic rings. The number of aromatic nitrogens is 3. The zero-order chi connectivity index (χ0) is 12.5. The van der Waals surface area contributed by atoms with Crippen LogP contribution < -0.4 is 5.32 Å². The van der Waals surface area contributed by atoms with Crippen molar-refractivity contribution in [3.8, 4) is 0 Å². The molecule has 0 saturated heterocycles. The average Bonchev–Trinajstić information content (AvgIpc) is 2.71. The molecular formula is C11H22N4O2. The first kappa shape index (κ1) is 14.1. The fourth-order valence-electron chi connectivity index (χ4n) is 1.49. The van der Waals surface area contributed by atoms with Crippen molar-refractivity contribution in [2.45, 2.75) is 26.6 Å². The molecule has 0 atom stereocenters. The zero-order valence-corrected chi connectivity index (χ0v) is 10.8. The van der Waals surface area contributed by atoms with Gasteiger partial charge in [0, 0.05) is 39.8 Å². The van der Waals surface area contributed by atoms with Crippen molar-refractivity contribution in [2.24, 2.45) is 7.05 Å². The molecule has 98 valence electrons. The summed E-state index contributed by atoms with van der Waals surface area (Å²) in [5.41, 5.74) is 0. The Hall–Kier alpha value is -0.980. The molecule has 1 aromatic heterocycles. The normalized spacial score (nSPS) is 11.3. The minimum absolute atomic E-state index is 0.163. The highest BCUT2D eigenvalue weighted by Crippen LogP contribution is 1.94. The first-order chi connectivity index (χ1) is 8.27. The van der Waals surface area contributed by atoms with E-state index >= 15 is 0 Å². The Balaban J connectivity index is 2.15. The standard InChI is InChI=1S/C11H22N4O2/c1-4-16-11(17-5-2)8-12-7-6-10-14-13-9-15(10)3/h9,11-12H,4-8H2,1-3H3. The SMILES string of the molecule is CCOC(CNCCc1nncn1C)OCC. The Morgan fingerprint density at radius 3 is 2.59 bits per heavy atom. The molecule has 0 bridgehead atoms. The Morgan fingerprint density at radius 2 is 2.06 bits per heavy atom. The molecule has 1 N–H and O–H groups in total. The third kappa shape index (κ3) is 5.25. The van der Waals surface area contributed by atoms with Crippen LogP contribution in [0.2, 0.25) is 0 Å². The zero-order valence-electron chi connectivity index (χ0n) is 10.8. The lowest BCUT2D eigenvalue weighted by atomic mass is 10.4. The first-order valence-corrected chi connectivity index (χ1v) is 6.04. The summed E-state index contributed by atoms with van der Waals surface area (Å²) in [6.45, 7) is 6.78. The lowest BCUT2D eigenvalue weighted by Gasteiger charge is -2.17. The molecule has 0 aliphatic heterocycles. The summed E-state index contributed by atoms with van der Waals surface area (Å²) in [5, 5.41) is 11.1. The number of nitrogens with zero attached hydrogens (tertiary/aromatic N) is 3. The van der Waals surface area contributed by atoms with E-state index in [4.69, 9.17) is 9.47 Å². The van der Waals surface area contributed by atoms with Crippen molar-refractivity contribution in [1.82, 2.24) is 20.1 Å². The van der Waals surface area contributed by atoms with Crippen LogP contribution in [0.5, 0.6) is 0 Å². The lowest BCUT2D eigenvalue weighted by Crippen LogP contribution is -2.33. The molecule has 0 aliphatic carbocycles. The van der Waals surface area contributed by atoms with E-state index in [1.165, 1.54) is 0 Å². The van der Waals surface area contributed by atoms with Crippen LogP contribution in [-0.4, -0.2) is 47.4 Å². The van der Waals surface area contributed by atoms with Crippen LogP contribution >= 0.6 is 0 Å². The van der Waals surface area contributed by atoms with E-state index in [1.54, 1.807) is 6.33 Å². The van der Waals surface area contributed by atoms with Gasteiger partial charge in [-0.2, -0.15) is 0 Å². The topological polar surface area (TPSA) is 61.2 Å². The van der Waals surface area contributed by atoms with E-state index in [1.807, 2.05) is 25.5 Å². The molecule has 0 fully saturated rings. The van der Waals surface area contributed by atoms with Crippen LogP contribution in [0.3, 0.4) is 0 Å². The molecule has 0 saturated carbocycles. The fourth-order valence-corrected chi connectivity index (χ4v) is 1.49. The van der Waals surface area contributed by atoms with E-state index in [9.17, 15) is 0 Å². The maximum Gasteiger partial charge on any atom is 0.169 e. The number of aryl methyl sites for hydroxylation is 1. The molecule has 0 amide bonds. The summed E-state index contributed by atoms with van der Waals surface area (Å²) < 4.78 is 12.8. The second kappa shape index (κ2) is 8.16. The van der Waals surface area contributed by atoms with Crippen molar-refractivity contribution in [3.05, 3.63) is 12.2 Å². The third-order valence-electron chi connectivity index (χ3n) is 2.35. The summed E-state index contributed by atoms with van der Waals surface area (Å²) >= 11 is 0. The van der Waals surface area contributed by atoms with Crippen molar-refractivity contribution in [2.75, 3.05) is 26.3 Å². The molecule has 0 aromatic carbocycles. The Kier molecular flexibility index (Phi) is 6.76. The van der Waals surface area contributed by atoms with Gasteiger partial charge in [0.1, 0.15) is 12.2 Å². The van der Waals surface area contributed by atoms with Gasteiger partial charge in [0.15, 0.2) is 6.29 Å². The first-order valence-electron chi connectivity index (χ1n) is 6.04. The molecule has 0 radical (unpaired) electrons. The van der Waals surface area contributed by atoms with E-state index in [0.717, 1.165) is 18.8 Å². The van der Waals surface area contributed by atoms with Gasteiger partial charge in [-0.15, -0.1) is 10.2 Å². The molecule has 17 heavy (non-hydrogen) atoms. The van der Waals surface area contributed by atoms with Gasteiger partial charge in [0.05, 0.1) is 0 Å². The van der Waals surface area contributed by atoms with Gasteiger partial charge in [-0.1, -0.05) is 0 Å². The second-order valence-electron chi connectivity index (χ2n) is 3.65. The fraction of sp³-hybridized carbons (Fsp3) is 0.818. The van der Waals surface area contributed by atoms with Crippen LogP contribution in [0.4, 0.5) is 0 Å². The molecule has 6 nitrogen and oxygen atoms in total. The van der Waals surface area contributed by atoms with Gasteiger partial charge in [-0.3, -0.25) is 0 Å². The summed E-state index contributed by atoms with van der Waals surface area (Å²) in [6.07, 6.45) is 2.39. The number of rotatable bonds is 9. The van der Waals surface area contributed by atoms with Crippen molar-refractivity contribution in [1.29, 1.82) is 0 Å². The Bertz CT molecular complexity index is 297. The molecule has 0 unspecified atom stereocenters. The number of nitrogens with one attached hydrogen (secondary N) is 1. The molecule has 1 heterocycles. The Labute approximate surface area is 102 Å². The van der Waals surface area contributed by atoms with E-state index in [2.05, 4.69) is 15.5 Å². The van der Waals surface area contributed by atoms with Crippen molar-refractivity contribution in [3.63, 3.8) is 0 Å². The maximum atomic E-state index is 5.43. The average molecular weight is 242 g/mol. The van der Waals surface area contributed by atoms with Crippen LogP contribution in [0.15, 0.2) is 6.33 Å². The predicted octanol–water partition coefficient (Wildman–Crippen LogP) is 0.346. The van der Waals surface area contributed by atoms with Crippen LogP contribution in [-0.2, 0) is 22.9 Å². The Morgan fingerprint density at radius 1 is 1.35 bits per heavy atom. The van der Waals surface area contributed by atoms with Gasteiger partial charge < -0.3 is 19.4 Å². The smallest absolute Gasteiger partial charge is 0.169 e. The van der Waals surface area contributed by atoms with Crippen LogP contribution in [0.25, 0.3) is 0 Å². The summed E-state index contributed by atoms with van der Waals surface area (Å²) in [5.74, 6) is 0.974. The molecule has 6 heteroatoms. The number of hydrogen-bond donors (Lipinski definition) is 1.